The van der Waals surface area contributed by atoms with Crippen LogP contribution in [0.1, 0.15) is 62.3 Å². The van der Waals surface area contributed by atoms with E-state index in [0.717, 1.165) is 0 Å². The fourth-order valence-corrected chi connectivity index (χ4v) is 114. The van der Waals surface area contributed by atoms with Crippen LogP contribution in [-0.2, 0) is 9.51 Å². The van der Waals surface area contributed by atoms with E-state index in [1.165, 1.54) is 55.5 Å². The summed E-state index contributed by atoms with van der Waals surface area (Å²) in [6.07, 6.45) is 13.8. The molecule has 0 saturated carbocycles. The Hall–Kier alpha value is 2.28. The molecular weight excluding hydrogens is 448 g/mol. The molecule has 0 spiro atoms. The fourth-order valence-electron chi connectivity index (χ4n) is 4.84. The Morgan fingerprint density at radius 3 is 0.652 bits per heavy atom. The van der Waals surface area contributed by atoms with Crippen LogP contribution in [-0.4, -0.2) is 55.5 Å². The average molecular weight is 496 g/mol. The van der Waals surface area contributed by atoms with Crippen LogP contribution in [0.4, 0.5) is 0 Å². The summed E-state index contributed by atoms with van der Waals surface area (Å²) in [7, 11) is -0.939. The summed E-state index contributed by atoms with van der Waals surface area (Å²) in [5.41, 5.74) is 0. The van der Waals surface area contributed by atoms with Gasteiger partial charge in [0.05, 0.1) is 0 Å². The van der Waals surface area contributed by atoms with Gasteiger partial charge in [0.15, 0.2) is 0 Å². The molecule has 151 valence electrons. The summed E-state index contributed by atoms with van der Waals surface area (Å²) in [5, 5.41) is 0. The monoisotopic (exact) mass is 495 g/mol. The molecular formula is C18H48BrCoP3. The normalized spacial score (nSPS) is 19.9. The number of hydrogen-bond acceptors (Lipinski definition) is 0. The van der Waals surface area contributed by atoms with Gasteiger partial charge in [-0.15, -0.1) is 0 Å². The molecule has 0 aliphatic rings. The zero-order valence-corrected chi connectivity index (χ0v) is 23.2. The molecule has 0 aromatic rings. The summed E-state index contributed by atoms with van der Waals surface area (Å²) in [4.78, 5) is 0. The van der Waals surface area contributed by atoms with E-state index < -0.39 is 27.5 Å². The van der Waals surface area contributed by atoms with Crippen molar-refractivity contribution in [3.63, 3.8) is 0 Å². The van der Waals surface area contributed by atoms with Crippen LogP contribution < -0.4 is 0 Å². The molecule has 0 atom stereocenters. The molecule has 0 aromatic carbocycles. The molecule has 0 fully saturated rings. The Morgan fingerprint density at radius 1 is 0.435 bits per heavy atom. The molecule has 0 heterocycles. The van der Waals surface area contributed by atoms with Crippen molar-refractivity contribution in [2.45, 2.75) is 62.3 Å². The summed E-state index contributed by atoms with van der Waals surface area (Å²) >= 11 is 4.89. The summed E-state index contributed by atoms with van der Waals surface area (Å²) in [6.45, 7) is 23.1. The Labute approximate surface area is 158 Å². The fraction of sp³-hybridized carbons (Fsp3) is 1.00. The van der Waals surface area contributed by atoms with Crippen molar-refractivity contribution in [2.24, 2.45) is 0 Å². The van der Waals surface area contributed by atoms with Gasteiger partial charge in [0.2, 0.25) is 0 Å². The first-order chi connectivity index (χ1) is 10.8. The standard InChI is InChI=1S/3C6H15P.BrH.Co/c3*1-4-7(5-2)6-3;;/h3*4-6H2,1-3H3;1H;/q;;;;-2/p+2. The molecule has 0 radical (unpaired) electrons. The molecule has 0 bridgehead atoms. The second-order valence-corrected chi connectivity index (χ2v) is 50.8. The molecule has 23 heavy (non-hydrogen) atoms. The summed E-state index contributed by atoms with van der Waals surface area (Å²) in [5.74, 6) is -3.65. The van der Waals surface area contributed by atoms with E-state index in [2.05, 4.69) is 62.3 Å². The van der Waals surface area contributed by atoms with E-state index in [1.807, 2.05) is 0 Å². The maximum atomic E-state index is 4.89. The van der Waals surface area contributed by atoms with E-state index in [9.17, 15) is 0 Å². The van der Waals surface area contributed by atoms with Gasteiger partial charge < -0.3 is 0 Å². The van der Waals surface area contributed by atoms with Gasteiger partial charge in [-0.05, 0) is 0 Å². The molecule has 5 heteroatoms. The van der Waals surface area contributed by atoms with Crippen LogP contribution in [0.5, 0.6) is 0 Å². The Balaban J connectivity index is 6.86. The quantitative estimate of drug-likeness (QED) is 0.244. The summed E-state index contributed by atoms with van der Waals surface area (Å²) < 4.78 is 0. The Bertz CT molecular complexity index is 262. The number of rotatable bonds is 12. The second-order valence-electron chi connectivity index (χ2n) is 6.93. The molecule has 0 aliphatic carbocycles. The third-order valence-electron chi connectivity index (χ3n) is 7.02. The van der Waals surface area contributed by atoms with Crippen LogP contribution in [0.15, 0.2) is 0 Å². The number of hydrogen-bond donors (Lipinski definition) is 0. The molecule has 0 aromatic heterocycles. The van der Waals surface area contributed by atoms with Gasteiger partial charge in [0.25, 0.3) is 0 Å². The minimum atomic E-state index is -1.22. The van der Waals surface area contributed by atoms with Crippen molar-refractivity contribution >= 4 is 32.2 Å². The van der Waals surface area contributed by atoms with Crippen molar-refractivity contribution < 1.29 is 9.51 Å². The Morgan fingerprint density at radius 2 is 0.565 bits per heavy atom. The van der Waals surface area contributed by atoms with Crippen molar-refractivity contribution in [1.29, 1.82) is 0 Å². The van der Waals surface area contributed by atoms with Gasteiger partial charge in [-0.1, -0.05) is 0 Å². The Kier molecular flexibility index (Phi) is 11.6. The second kappa shape index (κ2) is 10.6. The zero-order valence-electron chi connectivity index (χ0n) is 17.6. The van der Waals surface area contributed by atoms with Gasteiger partial charge in [-0.2, -0.15) is 0 Å². The molecule has 0 aliphatic heterocycles. The van der Waals surface area contributed by atoms with Crippen LogP contribution >= 0.6 is 32.2 Å². The van der Waals surface area contributed by atoms with Crippen molar-refractivity contribution in [3.8, 4) is 0 Å². The molecule has 0 amide bonds. The predicted octanol–water partition coefficient (Wildman–Crippen LogP) is 7.62. The maximum absolute atomic E-state index is 4.89. The van der Waals surface area contributed by atoms with E-state index in [1.54, 1.807) is 0 Å². The van der Waals surface area contributed by atoms with Gasteiger partial charge in [0.1, 0.15) is 0 Å². The van der Waals surface area contributed by atoms with Crippen molar-refractivity contribution in [2.75, 3.05) is 55.5 Å². The molecule has 0 N–H and O–H groups in total. The first-order valence-electron chi connectivity index (χ1n) is 10.2. The van der Waals surface area contributed by atoms with Crippen LogP contribution in [0.3, 0.4) is 0 Å². The third-order valence-corrected chi connectivity index (χ3v) is 91.7. The van der Waals surface area contributed by atoms with Gasteiger partial charge >= 0.3 is 159 Å². The first-order valence-corrected chi connectivity index (χ1v) is 24.8. The summed E-state index contributed by atoms with van der Waals surface area (Å²) in [6, 6.07) is 0. The first kappa shape index (κ1) is 25.3. The van der Waals surface area contributed by atoms with E-state index in [4.69, 9.17) is 14.2 Å². The van der Waals surface area contributed by atoms with Gasteiger partial charge in [0, 0.05) is 0 Å². The van der Waals surface area contributed by atoms with E-state index in [-0.39, 0.29) is 0 Å². The van der Waals surface area contributed by atoms with Gasteiger partial charge in [-0.3, -0.25) is 0 Å². The molecule has 0 nitrogen and oxygen atoms in total. The zero-order chi connectivity index (χ0) is 18.4. The predicted molar refractivity (Wildman–Crippen MR) is 129 cm³/mol. The van der Waals surface area contributed by atoms with Crippen LogP contribution in [0.2, 0.25) is 0 Å². The van der Waals surface area contributed by atoms with Crippen LogP contribution in [0.25, 0.3) is 0 Å². The molecule has 0 rings (SSSR count). The van der Waals surface area contributed by atoms with Gasteiger partial charge in [-0.25, -0.2) is 0 Å². The molecule has 0 unspecified atom stereocenters. The van der Waals surface area contributed by atoms with Crippen LogP contribution in [0, 0.1) is 0 Å². The molecule has 0 saturated heterocycles. The SMILES string of the molecule is CC[PH](CC)(CC)[Co]([Br])([PH](CC)(CC)CC)[PH](CC)(CC)CC. The third kappa shape index (κ3) is 3.80. The average Bonchev–Trinajstić information content (AvgIpc) is 2.61. The number of halogens is 1. The van der Waals surface area contributed by atoms with E-state index >= 15 is 0 Å². The topological polar surface area (TPSA) is 0 Å². The van der Waals surface area contributed by atoms with Crippen molar-refractivity contribution in [3.05, 3.63) is 0 Å². The van der Waals surface area contributed by atoms with E-state index in [0.29, 0.717) is 0 Å². The van der Waals surface area contributed by atoms with Crippen molar-refractivity contribution in [1.82, 2.24) is 0 Å². The minimum absolute atomic E-state index is 0.939.